The zero-order valence-electron chi connectivity index (χ0n) is 18.2. The lowest BCUT2D eigenvalue weighted by Crippen LogP contribution is -2.35. The van der Waals surface area contributed by atoms with Crippen molar-refractivity contribution in [2.75, 3.05) is 13.1 Å². The van der Waals surface area contributed by atoms with Gasteiger partial charge in [-0.05, 0) is 49.4 Å². The molecule has 0 radical (unpaired) electrons. The highest BCUT2D eigenvalue weighted by Gasteiger charge is 2.29. The van der Waals surface area contributed by atoms with Crippen molar-refractivity contribution in [2.24, 2.45) is 23.7 Å². The van der Waals surface area contributed by atoms with Crippen LogP contribution in [-0.2, 0) is 19.2 Å². The van der Waals surface area contributed by atoms with E-state index in [1.807, 2.05) is 0 Å². The molecule has 6 heteroatoms. The van der Waals surface area contributed by atoms with Gasteiger partial charge in [0.15, 0.2) is 0 Å². The molecule has 2 saturated carbocycles. The summed E-state index contributed by atoms with van der Waals surface area (Å²) in [5, 5.41) is 0. The van der Waals surface area contributed by atoms with E-state index >= 15 is 0 Å². The molecule has 0 bridgehead atoms. The Hall–Kier alpha value is -2.24. The maximum absolute atomic E-state index is 11.3. The molecule has 2 aliphatic carbocycles. The predicted molar refractivity (Wildman–Crippen MR) is 114 cm³/mol. The Morgan fingerprint density at radius 2 is 0.833 bits per heavy atom. The monoisotopic (exact) mass is 414 g/mol. The van der Waals surface area contributed by atoms with Crippen LogP contribution in [0.3, 0.4) is 0 Å². The first kappa shape index (κ1) is 22.4. The molecule has 164 valence electrons. The van der Waals surface area contributed by atoms with E-state index in [0.29, 0.717) is 24.9 Å². The Kier molecular flexibility index (Phi) is 7.62. The standard InChI is InChI=1S/2C12H17NO2/c2*1-9-2-4-10(5-3-9)8-13-11(14)6-7-12(13)15/h2*6-7,9-10H,2-5,8H2,1H3. The van der Waals surface area contributed by atoms with Gasteiger partial charge in [0.2, 0.25) is 0 Å². The van der Waals surface area contributed by atoms with Gasteiger partial charge in [0.25, 0.3) is 23.6 Å². The van der Waals surface area contributed by atoms with E-state index in [4.69, 9.17) is 0 Å². The minimum atomic E-state index is -0.140. The van der Waals surface area contributed by atoms with Crippen LogP contribution in [0, 0.1) is 23.7 Å². The summed E-state index contributed by atoms with van der Waals surface area (Å²) in [5.41, 5.74) is 0. The fourth-order valence-corrected chi connectivity index (χ4v) is 4.76. The Morgan fingerprint density at radius 3 is 1.10 bits per heavy atom. The van der Waals surface area contributed by atoms with Gasteiger partial charge in [-0.15, -0.1) is 0 Å². The first-order valence-electron chi connectivity index (χ1n) is 11.4. The lowest BCUT2D eigenvalue weighted by Gasteiger charge is -2.28. The highest BCUT2D eigenvalue weighted by molar-refractivity contribution is 6.13. The summed E-state index contributed by atoms with van der Waals surface area (Å²) in [4.78, 5) is 48.1. The van der Waals surface area contributed by atoms with E-state index in [-0.39, 0.29) is 23.6 Å². The minimum absolute atomic E-state index is 0.140. The fraction of sp³-hybridized carbons (Fsp3) is 0.667. The maximum Gasteiger partial charge on any atom is 0.253 e. The molecule has 2 heterocycles. The molecule has 4 aliphatic rings. The average molecular weight is 415 g/mol. The van der Waals surface area contributed by atoms with E-state index in [9.17, 15) is 19.2 Å². The molecule has 4 rings (SSSR count). The van der Waals surface area contributed by atoms with Crippen LogP contribution in [0.1, 0.15) is 65.2 Å². The molecule has 6 nitrogen and oxygen atoms in total. The Bertz CT molecular complexity index is 627. The molecule has 0 aromatic heterocycles. The molecule has 0 spiro atoms. The van der Waals surface area contributed by atoms with Crippen molar-refractivity contribution in [1.82, 2.24) is 9.80 Å². The number of rotatable bonds is 4. The summed E-state index contributed by atoms with van der Waals surface area (Å²) in [6, 6.07) is 0. The summed E-state index contributed by atoms with van der Waals surface area (Å²) in [6.07, 6.45) is 15.0. The molecular formula is C24H34N2O4. The zero-order chi connectivity index (χ0) is 21.7. The summed E-state index contributed by atoms with van der Waals surface area (Å²) in [7, 11) is 0. The molecular weight excluding hydrogens is 380 g/mol. The van der Waals surface area contributed by atoms with Gasteiger partial charge >= 0.3 is 0 Å². The number of carbonyl (C=O) groups is 4. The second kappa shape index (κ2) is 10.2. The smallest absolute Gasteiger partial charge is 0.253 e. The van der Waals surface area contributed by atoms with E-state index in [2.05, 4.69) is 13.8 Å². The van der Waals surface area contributed by atoms with Crippen molar-refractivity contribution in [3.05, 3.63) is 24.3 Å². The van der Waals surface area contributed by atoms with Crippen molar-refractivity contribution in [2.45, 2.75) is 65.2 Å². The second-order valence-corrected chi connectivity index (χ2v) is 9.49. The molecule has 0 saturated heterocycles. The fourth-order valence-electron chi connectivity index (χ4n) is 4.76. The van der Waals surface area contributed by atoms with Crippen LogP contribution in [0.4, 0.5) is 0 Å². The van der Waals surface area contributed by atoms with E-state index < -0.39 is 0 Å². The molecule has 0 aromatic rings. The lowest BCUT2D eigenvalue weighted by molar-refractivity contribution is -0.139. The third kappa shape index (κ3) is 5.89. The van der Waals surface area contributed by atoms with Crippen molar-refractivity contribution in [3.8, 4) is 0 Å². The third-order valence-electron chi connectivity index (χ3n) is 6.95. The molecule has 0 N–H and O–H groups in total. The van der Waals surface area contributed by atoms with Gasteiger partial charge in [0.05, 0.1) is 0 Å². The van der Waals surface area contributed by atoms with Crippen molar-refractivity contribution < 1.29 is 19.2 Å². The number of carbonyl (C=O) groups excluding carboxylic acids is 4. The molecule has 4 amide bonds. The van der Waals surface area contributed by atoms with Gasteiger partial charge in [-0.25, -0.2) is 0 Å². The number of hydrogen-bond donors (Lipinski definition) is 0. The highest BCUT2D eigenvalue weighted by atomic mass is 16.2. The van der Waals surface area contributed by atoms with Crippen LogP contribution in [0.25, 0.3) is 0 Å². The van der Waals surface area contributed by atoms with Crippen molar-refractivity contribution >= 4 is 23.6 Å². The maximum atomic E-state index is 11.3. The van der Waals surface area contributed by atoms with E-state index in [1.54, 1.807) is 0 Å². The second-order valence-electron chi connectivity index (χ2n) is 9.49. The molecule has 0 unspecified atom stereocenters. The molecule has 2 aliphatic heterocycles. The number of amides is 4. The van der Waals surface area contributed by atoms with E-state index in [0.717, 1.165) is 37.5 Å². The lowest BCUT2D eigenvalue weighted by atomic mass is 9.83. The summed E-state index contributed by atoms with van der Waals surface area (Å²) >= 11 is 0. The van der Waals surface area contributed by atoms with Crippen LogP contribution >= 0.6 is 0 Å². The Labute approximate surface area is 179 Å². The van der Waals surface area contributed by atoms with Gasteiger partial charge in [0.1, 0.15) is 0 Å². The van der Waals surface area contributed by atoms with Gasteiger partial charge in [0, 0.05) is 37.4 Å². The topological polar surface area (TPSA) is 74.8 Å². The number of hydrogen-bond acceptors (Lipinski definition) is 4. The predicted octanol–water partition coefficient (Wildman–Crippen LogP) is 3.48. The molecule has 0 aromatic carbocycles. The summed E-state index contributed by atoms with van der Waals surface area (Å²) in [5.74, 6) is 2.10. The Balaban J connectivity index is 0.000000171. The zero-order valence-corrected chi connectivity index (χ0v) is 18.2. The number of imide groups is 2. The average Bonchev–Trinajstić information content (AvgIpc) is 3.22. The summed E-state index contributed by atoms with van der Waals surface area (Å²) in [6.45, 7) is 5.78. The normalized spacial score (nSPS) is 31.4. The first-order valence-corrected chi connectivity index (χ1v) is 11.4. The van der Waals surface area contributed by atoms with E-state index in [1.165, 1.54) is 59.8 Å². The van der Waals surface area contributed by atoms with Crippen molar-refractivity contribution in [3.63, 3.8) is 0 Å². The SMILES string of the molecule is CC1CCC(CN2C(=O)C=CC2=O)CC1.CC1CCC(CN2C(=O)C=CC2=O)CC1. The van der Waals surface area contributed by atoms with Gasteiger partial charge in [-0.1, -0.05) is 39.5 Å². The van der Waals surface area contributed by atoms with Crippen LogP contribution in [0.2, 0.25) is 0 Å². The molecule has 30 heavy (non-hydrogen) atoms. The molecule has 2 fully saturated rings. The largest absolute Gasteiger partial charge is 0.275 e. The highest BCUT2D eigenvalue weighted by Crippen LogP contribution is 2.30. The van der Waals surface area contributed by atoms with Crippen LogP contribution in [0.5, 0.6) is 0 Å². The van der Waals surface area contributed by atoms with Gasteiger partial charge < -0.3 is 0 Å². The minimum Gasteiger partial charge on any atom is -0.275 e. The van der Waals surface area contributed by atoms with Gasteiger partial charge in [-0.2, -0.15) is 0 Å². The number of nitrogens with zero attached hydrogens (tertiary/aromatic N) is 2. The van der Waals surface area contributed by atoms with Crippen LogP contribution in [-0.4, -0.2) is 46.5 Å². The quantitative estimate of drug-likeness (QED) is 0.660. The van der Waals surface area contributed by atoms with Crippen LogP contribution in [0.15, 0.2) is 24.3 Å². The van der Waals surface area contributed by atoms with Gasteiger partial charge in [-0.3, -0.25) is 29.0 Å². The summed E-state index contributed by atoms with van der Waals surface area (Å²) < 4.78 is 0. The van der Waals surface area contributed by atoms with Crippen LogP contribution < -0.4 is 0 Å². The Morgan fingerprint density at radius 1 is 0.567 bits per heavy atom. The van der Waals surface area contributed by atoms with Crippen molar-refractivity contribution in [1.29, 1.82) is 0 Å². The third-order valence-corrected chi connectivity index (χ3v) is 6.95. The first-order chi connectivity index (χ1) is 14.3. The molecule has 0 atom stereocenters.